The standard InChI is InChI=1S/C18H24N4O2S/c1-12-7-10-25-15(12)3-4-16(23)20-14-5-8-22(9-6-14)18-19-13(2)11-17(24)21-18/h7,10-11,14H,3-6,8-9H2,1-2H3,(H,20,23)(H,19,21,24). The summed E-state index contributed by atoms with van der Waals surface area (Å²) in [6.07, 6.45) is 3.07. The van der Waals surface area contributed by atoms with Crippen LogP contribution in [0.1, 0.15) is 35.4 Å². The molecule has 0 aliphatic carbocycles. The van der Waals surface area contributed by atoms with Crippen molar-refractivity contribution in [2.75, 3.05) is 18.0 Å². The zero-order valence-corrected chi connectivity index (χ0v) is 15.5. The van der Waals surface area contributed by atoms with Crippen LogP contribution < -0.4 is 15.8 Å². The van der Waals surface area contributed by atoms with E-state index in [1.807, 2.05) is 6.92 Å². The number of aromatic amines is 1. The van der Waals surface area contributed by atoms with Crippen molar-refractivity contribution in [3.8, 4) is 0 Å². The van der Waals surface area contributed by atoms with Crippen LogP contribution in [0.25, 0.3) is 0 Å². The number of aryl methyl sites for hydroxylation is 3. The minimum absolute atomic E-state index is 0.119. The maximum Gasteiger partial charge on any atom is 0.252 e. The van der Waals surface area contributed by atoms with E-state index < -0.39 is 0 Å². The molecule has 0 saturated carbocycles. The van der Waals surface area contributed by atoms with E-state index in [-0.39, 0.29) is 17.5 Å². The number of hydrogen-bond donors (Lipinski definition) is 2. The van der Waals surface area contributed by atoms with Gasteiger partial charge in [-0.05, 0) is 50.1 Å². The molecular formula is C18H24N4O2S. The van der Waals surface area contributed by atoms with Crippen molar-refractivity contribution in [3.05, 3.63) is 44.0 Å². The van der Waals surface area contributed by atoms with E-state index in [9.17, 15) is 9.59 Å². The molecule has 3 heterocycles. The molecular weight excluding hydrogens is 336 g/mol. The fraction of sp³-hybridized carbons (Fsp3) is 0.500. The predicted molar refractivity (Wildman–Crippen MR) is 100 cm³/mol. The minimum Gasteiger partial charge on any atom is -0.353 e. The fourth-order valence-electron chi connectivity index (χ4n) is 3.14. The van der Waals surface area contributed by atoms with Crippen molar-refractivity contribution in [2.24, 2.45) is 0 Å². The van der Waals surface area contributed by atoms with Gasteiger partial charge in [-0.1, -0.05) is 0 Å². The highest BCUT2D eigenvalue weighted by Gasteiger charge is 2.22. The molecule has 7 heteroatoms. The summed E-state index contributed by atoms with van der Waals surface area (Å²) in [5.41, 5.74) is 1.87. The second-order valence-corrected chi connectivity index (χ2v) is 7.57. The molecule has 1 saturated heterocycles. The molecule has 0 radical (unpaired) electrons. The Hall–Kier alpha value is -2.15. The molecule has 1 amide bonds. The van der Waals surface area contributed by atoms with Crippen molar-refractivity contribution >= 4 is 23.2 Å². The molecule has 1 aliphatic heterocycles. The summed E-state index contributed by atoms with van der Waals surface area (Å²) >= 11 is 1.72. The molecule has 0 spiro atoms. The van der Waals surface area contributed by atoms with Crippen molar-refractivity contribution in [1.29, 1.82) is 0 Å². The highest BCUT2D eigenvalue weighted by atomic mass is 32.1. The lowest BCUT2D eigenvalue weighted by atomic mass is 10.0. The molecule has 2 aromatic heterocycles. The van der Waals surface area contributed by atoms with E-state index in [0.29, 0.717) is 12.4 Å². The molecule has 2 N–H and O–H groups in total. The number of H-pyrrole nitrogens is 1. The van der Waals surface area contributed by atoms with Gasteiger partial charge in [0.2, 0.25) is 11.9 Å². The Balaban J connectivity index is 1.46. The Morgan fingerprint density at radius 3 is 2.80 bits per heavy atom. The van der Waals surface area contributed by atoms with Crippen LogP contribution in [-0.2, 0) is 11.2 Å². The summed E-state index contributed by atoms with van der Waals surface area (Å²) in [5.74, 6) is 0.747. The van der Waals surface area contributed by atoms with Gasteiger partial charge in [0.1, 0.15) is 0 Å². The molecule has 0 bridgehead atoms. The number of rotatable bonds is 5. The number of piperidine rings is 1. The SMILES string of the molecule is Cc1cc(=O)[nH]c(N2CCC(NC(=O)CCc3sccc3C)CC2)n1. The summed E-state index contributed by atoms with van der Waals surface area (Å²) in [4.78, 5) is 34.3. The van der Waals surface area contributed by atoms with Crippen LogP contribution in [0, 0.1) is 13.8 Å². The molecule has 1 aliphatic rings. The second kappa shape index (κ2) is 7.82. The van der Waals surface area contributed by atoms with Gasteiger partial charge in [0, 0.05) is 42.2 Å². The number of amides is 1. The van der Waals surface area contributed by atoms with Crippen molar-refractivity contribution in [3.63, 3.8) is 0 Å². The first-order valence-electron chi connectivity index (χ1n) is 8.66. The number of nitrogens with zero attached hydrogens (tertiary/aromatic N) is 2. The molecule has 0 unspecified atom stereocenters. The average Bonchev–Trinajstić information content (AvgIpc) is 2.98. The van der Waals surface area contributed by atoms with Gasteiger partial charge in [0.25, 0.3) is 5.56 Å². The van der Waals surface area contributed by atoms with Gasteiger partial charge in [0.15, 0.2) is 0 Å². The summed E-state index contributed by atoms with van der Waals surface area (Å²) in [6.45, 7) is 5.47. The third kappa shape index (κ3) is 4.69. The minimum atomic E-state index is -0.123. The van der Waals surface area contributed by atoms with Gasteiger partial charge >= 0.3 is 0 Å². The van der Waals surface area contributed by atoms with Gasteiger partial charge in [-0.15, -0.1) is 11.3 Å². The highest BCUT2D eigenvalue weighted by Crippen LogP contribution is 2.18. The maximum atomic E-state index is 12.2. The average molecular weight is 360 g/mol. The molecule has 0 aromatic carbocycles. The normalized spacial score (nSPS) is 15.4. The lowest BCUT2D eigenvalue weighted by Crippen LogP contribution is -2.45. The number of hydrogen-bond acceptors (Lipinski definition) is 5. The molecule has 2 aromatic rings. The fourth-order valence-corrected chi connectivity index (χ4v) is 4.05. The largest absolute Gasteiger partial charge is 0.353 e. The van der Waals surface area contributed by atoms with Crippen LogP contribution in [0.5, 0.6) is 0 Å². The number of nitrogens with one attached hydrogen (secondary N) is 2. The number of carbonyl (C=O) groups is 1. The predicted octanol–water partition coefficient (Wildman–Crippen LogP) is 2.17. The van der Waals surface area contributed by atoms with Crippen molar-refractivity contribution in [1.82, 2.24) is 15.3 Å². The second-order valence-electron chi connectivity index (χ2n) is 6.57. The number of anilines is 1. The zero-order valence-electron chi connectivity index (χ0n) is 14.7. The van der Waals surface area contributed by atoms with Crippen LogP contribution >= 0.6 is 11.3 Å². The third-order valence-corrected chi connectivity index (χ3v) is 5.65. The van der Waals surface area contributed by atoms with E-state index in [4.69, 9.17) is 0 Å². The quantitative estimate of drug-likeness (QED) is 0.857. The van der Waals surface area contributed by atoms with E-state index >= 15 is 0 Å². The first kappa shape index (κ1) is 17.7. The molecule has 25 heavy (non-hydrogen) atoms. The Bertz CT molecular complexity index is 790. The number of carbonyl (C=O) groups excluding carboxylic acids is 1. The lowest BCUT2D eigenvalue weighted by Gasteiger charge is -2.32. The van der Waals surface area contributed by atoms with Gasteiger partial charge in [-0.3, -0.25) is 14.6 Å². The third-order valence-electron chi connectivity index (χ3n) is 4.56. The van der Waals surface area contributed by atoms with E-state index in [1.54, 1.807) is 11.3 Å². The summed E-state index contributed by atoms with van der Waals surface area (Å²) in [5, 5.41) is 5.21. The topological polar surface area (TPSA) is 78.1 Å². The lowest BCUT2D eigenvalue weighted by molar-refractivity contribution is -0.121. The smallest absolute Gasteiger partial charge is 0.252 e. The van der Waals surface area contributed by atoms with Crippen LogP contribution in [0.4, 0.5) is 5.95 Å². The van der Waals surface area contributed by atoms with Crippen LogP contribution in [0.3, 0.4) is 0 Å². The summed E-state index contributed by atoms with van der Waals surface area (Å²) in [6, 6.07) is 3.79. The first-order chi connectivity index (χ1) is 12.0. The molecule has 0 atom stereocenters. The maximum absolute atomic E-state index is 12.2. The summed E-state index contributed by atoms with van der Waals surface area (Å²) in [7, 11) is 0. The Morgan fingerprint density at radius 1 is 1.40 bits per heavy atom. The van der Waals surface area contributed by atoms with Gasteiger partial charge in [-0.25, -0.2) is 4.98 Å². The molecule has 3 rings (SSSR count). The summed E-state index contributed by atoms with van der Waals surface area (Å²) < 4.78 is 0. The Labute approximate surface area is 151 Å². The Kier molecular flexibility index (Phi) is 5.53. The Morgan fingerprint density at radius 2 is 2.16 bits per heavy atom. The van der Waals surface area contributed by atoms with E-state index in [0.717, 1.165) is 38.0 Å². The van der Waals surface area contributed by atoms with Crippen LogP contribution in [0.2, 0.25) is 0 Å². The van der Waals surface area contributed by atoms with Gasteiger partial charge < -0.3 is 10.2 Å². The van der Waals surface area contributed by atoms with E-state index in [2.05, 4.69) is 38.6 Å². The highest BCUT2D eigenvalue weighted by molar-refractivity contribution is 7.10. The van der Waals surface area contributed by atoms with Gasteiger partial charge in [-0.2, -0.15) is 0 Å². The van der Waals surface area contributed by atoms with Crippen molar-refractivity contribution in [2.45, 2.75) is 45.6 Å². The molecule has 6 nitrogen and oxygen atoms in total. The number of aromatic nitrogens is 2. The van der Waals surface area contributed by atoms with Crippen molar-refractivity contribution < 1.29 is 4.79 Å². The molecule has 134 valence electrons. The first-order valence-corrected chi connectivity index (χ1v) is 9.54. The van der Waals surface area contributed by atoms with Crippen LogP contribution in [-0.4, -0.2) is 35.0 Å². The number of thiophene rings is 1. The zero-order chi connectivity index (χ0) is 17.8. The monoisotopic (exact) mass is 360 g/mol. The van der Waals surface area contributed by atoms with E-state index in [1.165, 1.54) is 16.5 Å². The van der Waals surface area contributed by atoms with Crippen LogP contribution in [0.15, 0.2) is 22.3 Å². The van der Waals surface area contributed by atoms with Gasteiger partial charge in [0.05, 0.1) is 0 Å². The molecule has 1 fully saturated rings.